The molecule has 0 fully saturated rings. The predicted molar refractivity (Wildman–Crippen MR) is 168 cm³/mol. The smallest absolute Gasteiger partial charge is 0.101 e. The zero-order valence-corrected chi connectivity index (χ0v) is 22.6. The molecule has 0 aliphatic heterocycles. The van der Waals surface area contributed by atoms with Crippen LogP contribution < -0.4 is 0 Å². The van der Waals surface area contributed by atoms with Crippen molar-refractivity contribution in [2.75, 3.05) is 0 Å². The molecule has 5 aromatic rings. The van der Waals surface area contributed by atoms with Gasteiger partial charge in [-0.05, 0) is 83.5 Å². The summed E-state index contributed by atoms with van der Waals surface area (Å²) in [6, 6.07) is 32.2. The standard InChI is InChI=1S/C38H27N3/c39-24-26-20-32(25-40)38(33(21-26)29-14-8-3-9-15-29)41-36-18-16-30(27-10-4-1-5-11-27)22-34(36)35-23-31(17-19-37(35)41)28-12-6-2-7-13-28/h1-6,8-12,14,16-23,29H,7,13,15H2. The average molecular weight is 526 g/mol. The predicted octanol–water partition coefficient (Wildman–Crippen LogP) is 9.53. The van der Waals surface area contributed by atoms with Gasteiger partial charge >= 0.3 is 0 Å². The van der Waals surface area contributed by atoms with Crippen molar-refractivity contribution in [3.8, 4) is 29.0 Å². The Hall–Kier alpha value is -5.38. The maximum atomic E-state index is 10.4. The molecular weight excluding hydrogens is 498 g/mol. The van der Waals surface area contributed by atoms with E-state index in [1.54, 1.807) is 6.07 Å². The number of fused-ring (bicyclic) bond motifs is 3. The van der Waals surface area contributed by atoms with Crippen LogP contribution in [0.1, 0.15) is 47.4 Å². The SMILES string of the molecule is N#Cc1cc(C#N)c(-n2c3ccc(C4=CC=CCC4)cc3c3cc(-c4ccccc4)ccc32)c(C2C=CC=CC2)c1. The Labute approximate surface area is 239 Å². The summed E-state index contributed by atoms with van der Waals surface area (Å²) in [4.78, 5) is 0. The van der Waals surface area contributed by atoms with Crippen molar-refractivity contribution in [1.82, 2.24) is 4.57 Å². The first-order chi connectivity index (χ1) is 20.2. The largest absolute Gasteiger partial charge is 0.308 e. The molecule has 3 heteroatoms. The molecule has 0 amide bonds. The Morgan fingerprint density at radius 2 is 1.49 bits per heavy atom. The Balaban J connectivity index is 1.57. The number of nitrogens with zero attached hydrogens (tertiary/aromatic N) is 3. The lowest BCUT2D eigenvalue weighted by Crippen LogP contribution is -2.08. The fourth-order valence-electron chi connectivity index (χ4n) is 6.27. The van der Waals surface area contributed by atoms with Crippen LogP contribution in [0.15, 0.2) is 121 Å². The average Bonchev–Trinajstić information content (AvgIpc) is 3.38. The van der Waals surface area contributed by atoms with E-state index in [-0.39, 0.29) is 5.92 Å². The van der Waals surface area contributed by atoms with Crippen molar-refractivity contribution in [3.63, 3.8) is 0 Å². The van der Waals surface area contributed by atoms with Crippen molar-refractivity contribution in [1.29, 1.82) is 10.5 Å². The van der Waals surface area contributed by atoms with Gasteiger partial charge in [0.15, 0.2) is 0 Å². The molecule has 7 rings (SSSR count). The van der Waals surface area contributed by atoms with Crippen LogP contribution in [0.3, 0.4) is 0 Å². The summed E-state index contributed by atoms with van der Waals surface area (Å²) in [6.45, 7) is 0. The molecule has 4 aromatic carbocycles. The Morgan fingerprint density at radius 3 is 2.17 bits per heavy atom. The summed E-state index contributed by atoms with van der Waals surface area (Å²) in [5.41, 5.74) is 9.87. The van der Waals surface area contributed by atoms with Crippen LogP contribution >= 0.6 is 0 Å². The van der Waals surface area contributed by atoms with Crippen LogP contribution in [0.2, 0.25) is 0 Å². The van der Waals surface area contributed by atoms with Gasteiger partial charge in [0.05, 0.1) is 33.9 Å². The molecule has 0 bridgehead atoms. The zero-order valence-electron chi connectivity index (χ0n) is 22.6. The van der Waals surface area contributed by atoms with Crippen LogP contribution in [0.4, 0.5) is 0 Å². The van der Waals surface area contributed by atoms with E-state index in [1.807, 2.05) is 12.1 Å². The Bertz CT molecular complexity index is 2040. The minimum atomic E-state index is 0.0740. The van der Waals surface area contributed by atoms with Crippen LogP contribution in [0.25, 0.3) is 44.2 Å². The molecule has 1 heterocycles. The molecule has 0 saturated heterocycles. The van der Waals surface area contributed by atoms with Crippen molar-refractivity contribution < 1.29 is 0 Å². The molecule has 1 atom stereocenters. The highest BCUT2D eigenvalue weighted by Crippen LogP contribution is 2.41. The third kappa shape index (κ3) is 4.29. The lowest BCUT2D eigenvalue weighted by atomic mass is 9.88. The van der Waals surface area contributed by atoms with Gasteiger partial charge in [-0.25, -0.2) is 0 Å². The Kier molecular flexibility index (Phi) is 6.19. The first kappa shape index (κ1) is 24.6. The molecule has 0 spiro atoms. The number of rotatable bonds is 4. The summed E-state index contributed by atoms with van der Waals surface area (Å²) >= 11 is 0. The van der Waals surface area contributed by atoms with Gasteiger partial charge < -0.3 is 4.57 Å². The maximum Gasteiger partial charge on any atom is 0.101 e. The van der Waals surface area contributed by atoms with Gasteiger partial charge in [-0.15, -0.1) is 0 Å². The lowest BCUT2D eigenvalue weighted by molar-refractivity contribution is 0.841. The highest BCUT2D eigenvalue weighted by Gasteiger charge is 2.23. The quantitative estimate of drug-likeness (QED) is 0.235. The van der Waals surface area contributed by atoms with E-state index in [4.69, 9.17) is 0 Å². The van der Waals surface area contributed by atoms with Crippen molar-refractivity contribution in [2.24, 2.45) is 0 Å². The van der Waals surface area contributed by atoms with Crippen molar-refractivity contribution >= 4 is 27.4 Å². The minimum Gasteiger partial charge on any atom is -0.308 e. The van der Waals surface area contributed by atoms with E-state index in [1.165, 1.54) is 16.7 Å². The van der Waals surface area contributed by atoms with E-state index in [0.29, 0.717) is 11.1 Å². The molecular formula is C38H27N3. The highest BCUT2D eigenvalue weighted by molar-refractivity contribution is 6.11. The van der Waals surface area contributed by atoms with Gasteiger partial charge in [0.2, 0.25) is 0 Å². The number of nitriles is 2. The summed E-state index contributed by atoms with van der Waals surface area (Å²) in [7, 11) is 0. The first-order valence-corrected chi connectivity index (χ1v) is 14.1. The first-order valence-electron chi connectivity index (χ1n) is 14.1. The normalized spacial score (nSPS) is 16.0. The number of benzene rings is 4. The second-order valence-electron chi connectivity index (χ2n) is 10.7. The topological polar surface area (TPSA) is 52.5 Å². The van der Waals surface area contributed by atoms with Gasteiger partial charge in [-0.3, -0.25) is 0 Å². The van der Waals surface area contributed by atoms with Gasteiger partial charge in [0.1, 0.15) is 6.07 Å². The summed E-state index contributed by atoms with van der Waals surface area (Å²) in [6.07, 6.45) is 17.9. The van der Waals surface area contributed by atoms with E-state index in [0.717, 1.165) is 57.9 Å². The molecule has 1 aromatic heterocycles. The van der Waals surface area contributed by atoms with Crippen LogP contribution in [-0.2, 0) is 0 Å². The van der Waals surface area contributed by atoms with Crippen LogP contribution in [0, 0.1) is 22.7 Å². The van der Waals surface area contributed by atoms with E-state index in [2.05, 4.69) is 120 Å². The third-order valence-corrected chi connectivity index (χ3v) is 8.25. The molecule has 0 saturated carbocycles. The fourth-order valence-corrected chi connectivity index (χ4v) is 6.27. The fraction of sp³-hybridized carbons (Fsp3) is 0.105. The molecule has 0 N–H and O–H groups in total. The zero-order chi connectivity index (χ0) is 27.8. The monoisotopic (exact) mass is 525 g/mol. The van der Waals surface area contributed by atoms with Crippen LogP contribution in [-0.4, -0.2) is 4.57 Å². The maximum absolute atomic E-state index is 10.4. The Morgan fingerprint density at radius 1 is 0.707 bits per heavy atom. The minimum absolute atomic E-state index is 0.0740. The second kappa shape index (κ2) is 10.3. The number of allylic oxidation sites excluding steroid dienone is 8. The summed E-state index contributed by atoms with van der Waals surface area (Å²) in [5.74, 6) is 0.0740. The summed E-state index contributed by atoms with van der Waals surface area (Å²) < 4.78 is 2.25. The number of hydrogen-bond donors (Lipinski definition) is 0. The van der Waals surface area contributed by atoms with E-state index < -0.39 is 0 Å². The molecule has 41 heavy (non-hydrogen) atoms. The number of hydrogen-bond acceptors (Lipinski definition) is 2. The van der Waals surface area contributed by atoms with Gasteiger partial charge in [0, 0.05) is 16.7 Å². The molecule has 3 nitrogen and oxygen atoms in total. The number of aromatic nitrogens is 1. The lowest BCUT2D eigenvalue weighted by Gasteiger charge is -2.21. The van der Waals surface area contributed by atoms with E-state index in [9.17, 15) is 10.5 Å². The molecule has 2 aliphatic rings. The van der Waals surface area contributed by atoms with Crippen molar-refractivity contribution in [3.05, 3.63) is 144 Å². The van der Waals surface area contributed by atoms with Crippen LogP contribution in [0.5, 0.6) is 0 Å². The molecule has 2 aliphatic carbocycles. The molecule has 1 unspecified atom stereocenters. The summed E-state index contributed by atoms with van der Waals surface area (Å²) in [5, 5.41) is 22.5. The molecule has 194 valence electrons. The molecule has 0 radical (unpaired) electrons. The third-order valence-electron chi connectivity index (χ3n) is 8.25. The van der Waals surface area contributed by atoms with Crippen molar-refractivity contribution in [2.45, 2.75) is 25.2 Å². The van der Waals surface area contributed by atoms with Gasteiger partial charge in [0.25, 0.3) is 0 Å². The highest BCUT2D eigenvalue weighted by atomic mass is 15.0. The van der Waals surface area contributed by atoms with Gasteiger partial charge in [-0.1, -0.05) is 85.0 Å². The van der Waals surface area contributed by atoms with Gasteiger partial charge in [-0.2, -0.15) is 10.5 Å². The van der Waals surface area contributed by atoms with E-state index >= 15 is 0 Å². The second-order valence-corrected chi connectivity index (χ2v) is 10.7.